The van der Waals surface area contributed by atoms with Crippen molar-refractivity contribution in [1.29, 1.82) is 0 Å². The summed E-state index contributed by atoms with van der Waals surface area (Å²) in [6, 6.07) is 0.455. The molecule has 3 atom stereocenters. The Hall–Kier alpha value is -0.570. The van der Waals surface area contributed by atoms with Gasteiger partial charge in [-0.15, -0.1) is 0 Å². The number of nitrogens with one attached hydrogen (secondary N) is 1. The lowest BCUT2D eigenvalue weighted by molar-refractivity contribution is -0.138. The lowest BCUT2D eigenvalue weighted by atomic mass is 9.96. The van der Waals surface area contributed by atoms with Gasteiger partial charge in [-0.2, -0.15) is 0 Å². The van der Waals surface area contributed by atoms with Crippen LogP contribution in [-0.4, -0.2) is 36.0 Å². The maximum absolute atomic E-state index is 12.4. The minimum atomic E-state index is 0.0677. The van der Waals surface area contributed by atoms with E-state index in [4.69, 9.17) is 0 Å². The van der Waals surface area contributed by atoms with Crippen LogP contribution in [-0.2, 0) is 4.79 Å². The molecule has 0 aromatic carbocycles. The molecular weight excluding hydrogens is 224 g/mol. The molecule has 0 aromatic rings. The molecule has 1 saturated heterocycles. The minimum Gasteiger partial charge on any atom is -0.339 e. The lowest BCUT2D eigenvalue weighted by Crippen LogP contribution is -2.53. The third-order valence-electron chi connectivity index (χ3n) is 4.09. The van der Waals surface area contributed by atoms with Crippen molar-refractivity contribution in [3.63, 3.8) is 0 Å². The summed E-state index contributed by atoms with van der Waals surface area (Å²) in [4.78, 5) is 14.5. The van der Waals surface area contributed by atoms with E-state index in [1.807, 2.05) is 0 Å². The lowest BCUT2D eigenvalue weighted by Gasteiger charge is -2.37. The van der Waals surface area contributed by atoms with E-state index in [-0.39, 0.29) is 6.04 Å². The van der Waals surface area contributed by atoms with Crippen LogP contribution in [0.5, 0.6) is 0 Å². The van der Waals surface area contributed by atoms with Gasteiger partial charge in [0.25, 0.3) is 0 Å². The first kappa shape index (κ1) is 15.5. The molecule has 0 bridgehead atoms. The van der Waals surface area contributed by atoms with E-state index in [1.165, 1.54) is 6.42 Å². The molecule has 1 rings (SSSR count). The number of nitrogens with zero attached hydrogens (tertiary/aromatic N) is 1. The maximum Gasteiger partial charge on any atom is 0.239 e. The highest BCUT2D eigenvalue weighted by Crippen LogP contribution is 2.20. The summed E-state index contributed by atoms with van der Waals surface area (Å²) in [5.74, 6) is 1.03. The van der Waals surface area contributed by atoms with Gasteiger partial charge < -0.3 is 10.2 Å². The quantitative estimate of drug-likeness (QED) is 0.757. The Balaban J connectivity index is 2.51. The summed E-state index contributed by atoms with van der Waals surface area (Å²) in [5.41, 5.74) is 0. The van der Waals surface area contributed by atoms with E-state index in [2.05, 4.69) is 37.9 Å². The van der Waals surface area contributed by atoms with Gasteiger partial charge in [0.1, 0.15) is 0 Å². The average molecular weight is 254 g/mol. The second-order valence-corrected chi connectivity index (χ2v) is 5.78. The summed E-state index contributed by atoms with van der Waals surface area (Å²) < 4.78 is 0. The second-order valence-electron chi connectivity index (χ2n) is 5.78. The zero-order valence-electron chi connectivity index (χ0n) is 12.5. The van der Waals surface area contributed by atoms with Crippen molar-refractivity contribution in [2.24, 2.45) is 5.92 Å². The van der Waals surface area contributed by atoms with Gasteiger partial charge >= 0.3 is 0 Å². The Kier molecular flexibility index (Phi) is 6.69. The topological polar surface area (TPSA) is 32.3 Å². The Bertz CT molecular complexity index is 255. The van der Waals surface area contributed by atoms with Gasteiger partial charge in [-0.25, -0.2) is 0 Å². The molecule has 0 aromatic heterocycles. The van der Waals surface area contributed by atoms with E-state index in [0.29, 0.717) is 17.9 Å². The molecule has 0 saturated carbocycles. The fourth-order valence-corrected chi connectivity index (χ4v) is 2.72. The predicted octanol–water partition coefficient (Wildman–Crippen LogP) is 2.80. The molecule has 1 aliphatic rings. The maximum atomic E-state index is 12.4. The molecule has 106 valence electrons. The van der Waals surface area contributed by atoms with Crippen molar-refractivity contribution in [2.45, 2.75) is 71.9 Å². The number of hydrogen-bond acceptors (Lipinski definition) is 2. The largest absolute Gasteiger partial charge is 0.339 e. The van der Waals surface area contributed by atoms with Gasteiger partial charge in [0, 0.05) is 12.6 Å². The molecule has 1 amide bonds. The van der Waals surface area contributed by atoms with Gasteiger partial charge in [0.2, 0.25) is 5.91 Å². The number of rotatable bonds is 7. The molecule has 1 N–H and O–H groups in total. The molecule has 0 aliphatic carbocycles. The summed E-state index contributed by atoms with van der Waals surface area (Å²) in [6.45, 7) is 10.7. The number of carbonyl (C=O) groups excluding carboxylic acids is 1. The van der Waals surface area contributed by atoms with E-state index in [1.54, 1.807) is 0 Å². The number of piperidine rings is 1. The molecule has 3 nitrogen and oxygen atoms in total. The van der Waals surface area contributed by atoms with Crippen molar-refractivity contribution in [2.75, 3.05) is 13.1 Å². The Morgan fingerprint density at radius 3 is 2.72 bits per heavy atom. The molecule has 3 heteroatoms. The first-order valence-corrected chi connectivity index (χ1v) is 7.63. The molecule has 3 unspecified atom stereocenters. The normalized spacial score (nSPS) is 24.1. The summed E-state index contributed by atoms with van der Waals surface area (Å²) in [5, 5.41) is 3.38. The molecule has 1 fully saturated rings. The van der Waals surface area contributed by atoms with Gasteiger partial charge in [0.15, 0.2) is 0 Å². The van der Waals surface area contributed by atoms with Gasteiger partial charge in [-0.1, -0.05) is 27.2 Å². The smallest absolute Gasteiger partial charge is 0.239 e. The van der Waals surface area contributed by atoms with Gasteiger partial charge in [-0.3, -0.25) is 4.79 Å². The predicted molar refractivity (Wildman–Crippen MR) is 76.6 cm³/mol. The third-order valence-corrected chi connectivity index (χ3v) is 4.09. The van der Waals surface area contributed by atoms with E-state index in [0.717, 1.165) is 38.8 Å². The number of likely N-dealkylation sites (tertiary alicyclic amines) is 1. The van der Waals surface area contributed by atoms with Crippen molar-refractivity contribution in [1.82, 2.24) is 10.2 Å². The molecular formula is C15H30N2O. The Morgan fingerprint density at radius 1 is 1.39 bits per heavy atom. The van der Waals surface area contributed by atoms with Gasteiger partial charge in [-0.05, 0) is 45.1 Å². The third kappa shape index (κ3) is 4.27. The van der Waals surface area contributed by atoms with Crippen molar-refractivity contribution in [3.05, 3.63) is 0 Å². The van der Waals surface area contributed by atoms with Crippen LogP contribution in [0.15, 0.2) is 0 Å². The molecule has 0 spiro atoms. The van der Waals surface area contributed by atoms with Gasteiger partial charge in [0.05, 0.1) is 6.04 Å². The average Bonchev–Trinajstić information content (AvgIpc) is 2.37. The SMILES string of the molecule is CCCNC1CCCN(C(C)CC(C)CC)C1=O. The first-order chi connectivity index (χ1) is 8.60. The number of carbonyl (C=O) groups is 1. The molecule has 18 heavy (non-hydrogen) atoms. The molecule has 1 heterocycles. The van der Waals surface area contributed by atoms with Crippen LogP contribution < -0.4 is 5.32 Å². The number of hydrogen-bond donors (Lipinski definition) is 1. The van der Waals surface area contributed by atoms with Crippen LogP contribution >= 0.6 is 0 Å². The van der Waals surface area contributed by atoms with Crippen LogP contribution in [0.2, 0.25) is 0 Å². The highest BCUT2D eigenvalue weighted by Gasteiger charge is 2.31. The van der Waals surface area contributed by atoms with E-state index >= 15 is 0 Å². The molecule has 1 aliphatic heterocycles. The van der Waals surface area contributed by atoms with Crippen LogP contribution in [0, 0.1) is 5.92 Å². The standard InChI is InChI=1S/C15H30N2O/c1-5-9-16-14-8-7-10-17(15(14)18)13(4)11-12(3)6-2/h12-14,16H,5-11H2,1-4H3. The van der Waals surface area contributed by atoms with Crippen molar-refractivity contribution < 1.29 is 4.79 Å². The highest BCUT2D eigenvalue weighted by molar-refractivity contribution is 5.82. The van der Waals surface area contributed by atoms with E-state index < -0.39 is 0 Å². The second kappa shape index (κ2) is 7.78. The van der Waals surface area contributed by atoms with Crippen LogP contribution in [0.4, 0.5) is 0 Å². The van der Waals surface area contributed by atoms with Crippen molar-refractivity contribution in [3.8, 4) is 0 Å². The fourth-order valence-electron chi connectivity index (χ4n) is 2.72. The van der Waals surface area contributed by atoms with Crippen molar-refractivity contribution >= 4 is 5.91 Å². The highest BCUT2D eigenvalue weighted by atomic mass is 16.2. The Labute approximate surface area is 112 Å². The zero-order chi connectivity index (χ0) is 13.5. The molecule has 0 radical (unpaired) electrons. The first-order valence-electron chi connectivity index (χ1n) is 7.63. The minimum absolute atomic E-state index is 0.0677. The number of amides is 1. The van der Waals surface area contributed by atoms with Crippen LogP contribution in [0.1, 0.15) is 59.8 Å². The van der Waals surface area contributed by atoms with Crippen LogP contribution in [0.25, 0.3) is 0 Å². The summed E-state index contributed by atoms with van der Waals surface area (Å²) >= 11 is 0. The summed E-state index contributed by atoms with van der Waals surface area (Å²) in [6.07, 6.45) is 5.56. The van der Waals surface area contributed by atoms with Crippen LogP contribution in [0.3, 0.4) is 0 Å². The monoisotopic (exact) mass is 254 g/mol. The Morgan fingerprint density at radius 2 is 2.11 bits per heavy atom. The fraction of sp³-hybridized carbons (Fsp3) is 0.933. The summed E-state index contributed by atoms with van der Waals surface area (Å²) in [7, 11) is 0. The zero-order valence-corrected chi connectivity index (χ0v) is 12.5. The van der Waals surface area contributed by atoms with E-state index in [9.17, 15) is 4.79 Å².